The SMILES string of the molecule is C[C@H](N)C(=O)N[C@@H](Cc1cnc[nH]1)C(=O)N[C@@](C)(C(=O)N[C@H](Cc1ccccc1)C(=O)NC(=O)[C@@H](N)CCCCN)c1ccc2ccccc2c1. The number of nitrogens with zero attached hydrogens (tertiary/aromatic N) is 1. The Bertz CT molecular complexity index is 1800. The summed E-state index contributed by atoms with van der Waals surface area (Å²) in [7, 11) is 0. The predicted molar refractivity (Wildman–Crippen MR) is 193 cm³/mol. The van der Waals surface area contributed by atoms with Crippen molar-refractivity contribution < 1.29 is 24.0 Å². The number of rotatable bonds is 17. The number of benzene rings is 3. The van der Waals surface area contributed by atoms with E-state index in [1.807, 2.05) is 36.4 Å². The molecule has 0 spiro atoms. The lowest BCUT2D eigenvalue weighted by molar-refractivity contribution is -0.138. The van der Waals surface area contributed by atoms with E-state index in [1.54, 1.807) is 36.4 Å². The van der Waals surface area contributed by atoms with Crippen LogP contribution >= 0.6 is 0 Å². The van der Waals surface area contributed by atoms with Crippen LogP contribution in [0.25, 0.3) is 10.8 Å². The van der Waals surface area contributed by atoms with Gasteiger partial charge in [-0.3, -0.25) is 29.3 Å². The van der Waals surface area contributed by atoms with Gasteiger partial charge in [-0.1, -0.05) is 73.2 Å². The van der Waals surface area contributed by atoms with E-state index in [-0.39, 0.29) is 12.8 Å². The van der Waals surface area contributed by atoms with Gasteiger partial charge in [0.1, 0.15) is 17.6 Å². The molecule has 14 nitrogen and oxygen atoms in total. The first kappa shape index (κ1) is 38.4. The van der Waals surface area contributed by atoms with E-state index in [0.717, 1.165) is 10.8 Å². The molecule has 0 radical (unpaired) electrons. The molecule has 270 valence electrons. The normalized spacial score (nSPS) is 14.7. The van der Waals surface area contributed by atoms with Crippen molar-refractivity contribution in [2.24, 2.45) is 17.2 Å². The molecule has 5 amide bonds. The maximum atomic E-state index is 14.6. The molecule has 0 aliphatic heterocycles. The highest BCUT2D eigenvalue weighted by molar-refractivity contribution is 6.03. The van der Waals surface area contributed by atoms with Gasteiger partial charge in [0.15, 0.2) is 0 Å². The molecule has 1 heterocycles. The van der Waals surface area contributed by atoms with E-state index in [4.69, 9.17) is 17.2 Å². The number of amides is 5. The van der Waals surface area contributed by atoms with E-state index >= 15 is 0 Å². The fourth-order valence-corrected chi connectivity index (χ4v) is 5.53. The topological polar surface area (TPSA) is 240 Å². The summed E-state index contributed by atoms with van der Waals surface area (Å²) in [6.45, 7) is 3.46. The lowest BCUT2D eigenvalue weighted by Gasteiger charge is -2.34. The van der Waals surface area contributed by atoms with Gasteiger partial charge in [-0.25, -0.2) is 4.98 Å². The molecule has 1 aromatic heterocycles. The molecule has 0 bridgehead atoms. The Kier molecular flexibility index (Phi) is 13.5. The van der Waals surface area contributed by atoms with E-state index in [0.29, 0.717) is 42.6 Å². The largest absolute Gasteiger partial charge is 0.348 e. The second-order valence-electron chi connectivity index (χ2n) is 12.8. The molecular weight excluding hydrogens is 650 g/mol. The van der Waals surface area contributed by atoms with E-state index < -0.39 is 59.2 Å². The van der Waals surface area contributed by atoms with Gasteiger partial charge < -0.3 is 38.1 Å². The minimum atomic E-state index is -1.79. The lowest BCUT2D eigenvalue weighted by Crippen LogP contribution is -2.62. The minimum Gasteiger partial charge on any atom is -0.348 e. The molecule has 4 rings (SSSR count). The first-order valence-electron chi connectivity index (χ1n) is 16.9. The molecule has 0 saturated carbocycles. The third kappa shape index (κ3) is 10.5. The summed E-state index contributed by atoms with van der Waals surface area (Å²) < 4.78 is 0. The van der Waals surface area contributed by atoms with Crippen molar-refractivity contribution in [3.05, 3.63) is 102 Å². The number of imide groups is 1. The van der Waals surface area contributed by atoms with Gasteiger partial charge in [-0.05, 0) is 61.2 Å². The number of nitrogens with one attached hydrogen (secondary N) is 5. The van der Waals surface area contributed by atoms with Crippen LogP contribution in [0.2, 0.25) is 0 Å². The molecule has 0 fully saturated rings. The summed E-state index contributed by atoms with van der Waals surface area (Å²) in [4.78, 5) is 74.9. The van der Waals surface area contributed by atoms with Gasteiger partial charge in [0.2, 0.25) is 23.6 Å². The van der Waals surface area contributed by atoms with E-state index in [2.05, 4.69) is 31.2 Å². The average Bonchev–Trinajstić information content (AvgIpc) is 3.64. The number of hydrogen-bond acceptors (Lipinski definition) is 9. The zero-order valence-corrected chi connectivity index (χ0v) is 28.9. The number of nitrogens with two attached hydrogens (primary N) is 3. The quantitative estimate of drug-likeness (QED) is 0.0727. The second-order valence-corrected chi connectivity index (χ2v) is 12.8. The molecule has 51 heavy (non-hydrogen) atoms. The van der Waals surface area contributed by atoms with Crippen LogP contribution in [0.1, 0.15) is 49.9 Å². The maximum absolute atomic E-state index is 14.6. The van der Waals surface area contributed by atoms with E-state index in [9.17, 15) is 24.0 Å². The number of fused-ring (bicyclic) bond motifs is 1. The Hall–Kier alpha value is -5.44. The molecule has 5 atom stereocenters. The van der Waals surface area contributed by atoms with Crippen LogP contribution in [-0.2, 0) is 42.4 Å². The van der Waals surface area contributed by atoms with Crippen LogP contribution in [-0.4, -0.2) is 70.2 Å². The van der Waals surface area contributed by atoms with Crippen molar-refractivity contribution in [3.8, 4) is 0 Å². The fraction of sp³-hybridized carbons (Fsp3) is 0.351. The molecule has 0 saturated heterocycles. The van der Waals surface area contributed by atoms with Gasteiger partial charge in [0.05, 0.1) is 18.4 Å². The number of aromatic nitrogens is 2. The lowest BCUT2D eigenvalue weighted by atomic mass is 9.88. The summed E-state index contributed by atoms with van der Waals surface area (Å²) in [5, 5.41) is 12.4. The monoisotopic (exact) mass is 697 g/mol. The van der Waals surface area contributed by atoms with Gasteiger partial charge in [-0.2, -0.15) is 0 Å². The number of carbonyl (C=O) groups excluding carboxylic acids is 5. The first-order valence-corrected chi connectivity index (χ1v) is 16.9. The third-order valence-corrected chi connectivity index (χ3v) is 8.64. The summed E-state index contributed by atoms with van der Waals surface area (Å²) in [5.41, 5.74) is 17.3. The zero-order chi connectivity index (χ0) is 37.0. The zero-order valence-electron chi connectivity index (χ0n) is 28.9. The number of carbonyl (C=O) groups is 5. The van der Waals surface area contributed by atoms with Crippen molar-refractivity contribution in [3.63, 3.8) is 0 Å². The molecule has 0 aliphatic carbocycles. The maximum Gasteiger partial charge on any atom is 0.250 e. The Labute approximate surface area is 296 Å². The number of H-pyrrole nitrogens is 1. The first-order chi connectivity index (χ1) is 24.4. The standard InChI is InChI=1S/C37H47N9O5/c1-23(39)32(47)43-31(20-28-21-41-22-42-28)35(50)46-37(2,27-16-15-25-12-6-7-13-26(25)19-27)36(51)44-30(18-24-10-4-3-5-11-24)34(49)45-33(48)29(40)14-8-9-17-38/h3-7,10-13,15-16,19,21-23,29-31H,8-9,14,17-18,20,38-40H2,1-2H3,(H,41,42)(H,43,47)(H,44,51)(H,46,50)(H,45,48,49)/t23-,29-,30+,31-,37+/m0/s1. The van der Waals surface area contributed by atoms with Crippen molar-refractivity contribution in [1.82, 2.24) is 31.2 Å². The third-order valence-electron chi connectivity index (χ3n) is 8.64. The van der Waals surface area contributed by atoms with Gasteiger partial charge in [0, 0.05) is 24.7 Å². The summed E-state index contributed by atoms with van der Waals surface area (Å²) in [6, 6.07) is 17.6. The van der Waals surface area contributed by atoms with Crippen LogP contribution in [0.3, 0.4) is 0 Å². The Morgan fingerprint density at radius 2 is 1.49 bits per heavy atom. The van der Waals surface area contributed by atoms with Crippen molar-refractivity contribution in [1.29, 1.82) is 0 Å². The summed E-state index contributed by atoms with van der Waals surface area (Å²) in [5.74, 6) is -3.44. The van der Waals surface area contributed by atoms with Crippen LogP contribution < -0.4 is 38.5 Å². The molecule has 11 N–H and O–H groups in total. The molecule has 4 aromatic rings. The van der Waals surface area contributed by atoms with Gasteiger partial charge in [0.25, 0.3) is 5.91 Å². The average molecular weight is 698 g/mol. The minimum absolute atomic E-state index is 0.0202. The number of hydrogen-bond donors (Lipinski definition) is 8. The molecular formula is C37H47N9O5. The van der Waals surface area contributed by atoms with Crippen LogP contribution in [0.15, 0.2) is 85.3 Å². The van der Waals surface area contributed by atoms with Crippen molar-refractivity contribution in [2.75, 3.05) is 6.54 Å². The predicted octanol–water partition coefficient (Wildman–Crippen LogP) is 0.796. The highest BCUT2D eigenvalue weighted by Gasteiger charge is 2.41. The highest BCUT2D eigenvalue weighted by atomic mass is 16.2. The Morgan fingerprint density at radius 1 is 0.804 bits per heavy atom. The Morgan fingerprint density at radius 3 is 2.16 bits per heavy atom. The smallest absolute Gasteiger partial charge is 0.250 e. The fourth-order valence-electron chi connectivity index (χ4n) is 5.53. The second kappa shape index (κ2) is 18.0. The highest BCUT2D eigenvalue weighted by Crippen LogP contribution is 2.26. The van der Waals surface area contributed by atoms with Gasteiger partial charge in [-0.15, -0.1) is 0 Å². The summed E-state index contributed by atoms with van der Waals surface area (Å²) in [6.07, 6.45) is 4.63. The Balaban J connectivity index is 1.69. The number of unbranched alkanes of at least 4 members (excludes halogenated alkanes) is 1. The molecule has 0 aliphatic rings. The number of imidazole rings is 1. The van der Waals surface area contributed by atoms with Crippen molar-refractivity contribution >= 4 is 40.3 Å². The molecule has 14 heteroatoms. The molecule has 0 unspecified atom stereocenters. The van der Waals surface area contributed by atoms with Crippen molar-refractivity contribution in [2.45, 2.75) is 75.7 Å². The molecule has 3 aromatic carbocycles. The van der Waals surface area contributed by atoms with Gasteiger partial charge >= 0.3 is 0 Å². The number of aromatic amines is 1. The van der Waals surface area contributed by atoms with E-state index in [1.165, 1.54) is 26.4 Å². The van der Waals surface area contributed by atoms with Crippen LogP contribution in [0, 0.1) is 0 Å². The summed E-state index contributed by atoms with van der Waals surface area (Å²) >= 11 is 0. The van der Waals surface area contributed by atoms with Crippen LogP contribution in [0.4, 0.5) is 0 Å². The van der Waals surface area contributed by atoms with Crippen LogP contribution in [0.5, 0.6) is 0 Å².